The molecule has 0 radical (unpaired) electrons. The quantitative estimate of drug-likeness (QED) is 0.416. The number of para-hydroxylation sites is 1. The first-order chi connectivity index (χ1) is 15.8. The highest BCUT2D eigenvalue weighted by molar-refractivity contribution is 7.89. The van der Waals surface area contributed by atoms with E-state index in [4.69, 9.17) is 5.10 Å². The van der Waals surface area contributed by atoms with Gasteiger partial charge in [0.1, 0.15) is 5.69 Å². The predicted octanol–water partition coefficient (Wildman–Crippen LogP) is 4.69. The molecule has 170 valence electrons. The highest BCUT2D eigenvalue weighted by Crippen LogP contribution is 2.30. The number of carbonyl (C=O) groups is 1. The fourth-order valence-corrected chi connectivity index (χ4v) is 5.65. The van der Waals surface area contributed by atoms with E-state index in [0.717, 1.165) is 21.8 Å². The van der Waals surface area contributed by atoms with Crippen LogP contribution in [0.1, 0.15) is 18.1 Å². The number of rotatable bonds is 7. The van der Waals surface area contributed by atoms with Gasteiger partial charge in [-0.05, 0) is 48.2 Å². The monoisotopic (exact) mass is 480 g/mol. The zero-order valence-corrected chi connectivity index (χ0v) is 20.2. The topological polar surface area (TPSA) is 84.3 Å². The summed E-state index contributed by atoms with van der Waals surface area (Å²) in [6.45, 7) is 3.27. The van der Waals surface area contributed by atoms with Crippen LogP contribution in [0.4, 0.5) is 5.69 Å². The number of amides is 1. The molecule has 0 atom stereocenters. The van der Waals surface area contributed by atoms with Crippen LogP contribution in [0.15, 0.2) is 77.1 Å². The molecule has 33 heavy (non-hydrogen) atoms. The van der Waals surface area contributed by atoms with Crippen LogP contribution in [0.2, 0.25) is 0 Å². The molecule has 9 heteroatoms. The Hall–Kier alpha value is -3.27. The molecule has 0 spiro atoms. The predicted molar refractivity (Wildman–Crippen MR) is 131 cm³/mol. The van der Waals surface area contributed by atoms with Crippen LogP contribution in [0.3, 0.4) is 0 Å². The molecule has 0 aliphatic rings. The third kappa shape index (κ3) is 4.90. The molecule has 0 fully saturated rings. The van der Waals surface area contributed by atoms with Crippen molar-refractivity contribution in [2.24, 2.45) is 0 Å². The molecule has 4 rings (SSSR count). The number of anilines is 1. The van der Waals surface area contributed by atoms with Gasteiger partial charge in [0.05, 0.1) is 15.5 Å². The average Bonchev–Trinajstić information content (AvgIpc) is 3.45. The van der Waals surface area contributed by atoms with Crippen LogP contribution < -0.4 is 5.32 Å². The number of carbonyl (C=O) groups excluding carboxylic acids is 1. The maximum Gasteiger partial charge on any atom is 0.243 e. The van der Waals surface area contributed by atoms with E-state index in [9.17, 15) is 13.2 Å². The van der Waals surface area contributed by atoms with Gasteiger partial charge in [-0.2, -0.15) is 9.40 Å². The Morgan fingerprint density at radius 3 is 2.55 bits per heavy atom. The second-order valence-electron chi connectivity index (χ2n) is 7.68. The van der Waals surface area contributed by atoms with E-state index >= 15 is 0 Å². The number of nitrogens with one attached hydrogen (secondary N) is 1. The van der Waals surface area contributed by atoms with Crippen molar-refractivity contribution in [2.75, 3.05) is 12.4 Å². The first-order valence-electron chi connectivity index (χ1n) is 10.3. The summed E-state index contributed by atoms with van der Waals surface area (Å²) in [5, 5.41) is 9.37. The lowest BCUT2D eigenvalue weighted by Gasteiger charge is -2.19. The summed E-state index contributed by atoms with van der Waals surface area (Å²) in [7, 11) is -2.27. The standard InChI is InChI=1S/C24H24N4O3S2/c1-17-11-12-20(25-18(2)29)14-23(17)33(30,31)27(3)15-19-16-28(21-8-5-4-6-9-21)26-24(19)22-10-7-13-32-22/h4-14,16H,15H2,1-3H3,(H,25,29). The van der Waals surface area contributed by atoms with Gasteiger partial charge in [-0.3, -0.25) is 4.79 Å². The van der Waals surface area contributed by atoms with E-state index in [2.05, 4.69) is 5.32 Å². The average molecular weight is 481 g/mol. The zero-order valence-electron chi connectivity index (χ0n) is 18.5. The molecule has 4 aromatic rings. The van der Waals surface area contributed by atoms with Gasteiger partial charge < -0.3 is 5.32 Å². The van der Waals surface area contributed by atoms with Crippen LogP contribution in [-0.2, 0) is 21.4 Å². The molecule has 0 aliphatic heterocycles. The van der Waals surface area contributed by atoms with E-state index < -0.39 is 10.0 Å². The van der Waals surface area contributed by atoms with Gasteiger partial charge in [-0.25, -0.2) is 13.1 Å². The second kappa shape index (κ2) is 9.30. The molecular weight excluding hydrogens is 456 g/mol. The highest BCUT2D eigenvalue weighted by atomic mass is 32.2. The molecule has 2 aromatic carbocycles. The van der Waals surface area contributed by atoms with Gasteiger partial charge >= 0.3 is 0 Å². The summed E-state index contributed by atoms with van der Waals surface area (Å²) in [4.78, 5) is 12.5. The first kappa shape index (κ1) is 22.9. The molecule has 1 N–H and O–H groups in total. The van der Waals surface area contributed by atoms with Crippen molar-refractivity contribution in [1.82, 2.24) is 14.1 Å². The van der Waals surface area contributed by atoms with Crippen LogP contribution in [0.5, 0.6) is 0 Å². The Labute approximate surface area is 197 Å². The van der Waals surface area contributed by atoms with Gasteiger partial charge in [0.25, 0.3) is 0 Å². The highest BCUT2D eigenvalue weighted by Gasteiger charge is 2.26. The van der Waals surface area contributed by atoms with Crippen LogP contribution >= 0.6 is 11.3 Å². The minimum atomic E-state index is -3.82. The third-order valence-corrected chi connectivity index (χ3v) is 7.98. The molecule has 0 bridgehead atoms. The van der Waals surface area contributed by atoms with Crippen molar-refractivity contribution < 1.29 is 13.2 Å². The summed E-state index contributed by atoms with van der Waals surface area (Å²) in [5.41, 5.74) is 3.49. The molecule has 2 aromatic heterocycles. The normalized spacial score (nSPS) is 11.6. The Balaban J connectivity index is 1.70. The fourth-order valence-electron chi connectivity index (χ4n) is 3.51. The summed E-state index contributed by atoms with van der Waals surface area (Å²) in [6, 6.07) is 18.5. The maximum absolute atomic E-state index is 13.5. The number of aryl methyl sites for hydroxylation is 1. The minimum Gasteiger partial charge on any atom is -0.326 e. The molecule has 0 aliphatic carbocycles. The fraction of sp³-hybridized carbons (Fsp3) is 0.167. The lowest BCUT2D eigenvalue weighted by molar-refractivity contribution is -0.114. The first-order valence-corrected chi connectivity index (χ1v) is 12.6. The van der Waals surface area contributed by atoms with Crippen molar-refractivity contribution in [3.05, 3.63) is 83.4 Å². The summed E-state index contributed by atoms with van der Waals surface area (Å²) < 4.78 is 30.0. The van der Waals surface area contributed by atoms with E-state index in [0.29, 0.717) is 11.3 Å². The summed E-state index contributed by atoms with van der Waals surface area (Å²) in [5.74, 6) is -0.260. The number of thiophene rings is 1. The minimum absolute atomic E-state index is 0.145. The molecule has 2 heterocycles. The van der Waals surface area contributed by atoms with E-state index in [1.54, 1.807) is 42.1 Å². The number of aromatic nitrogens is 2. The van der Waals surface area contributed by atoms with Gasteiger partial charge in [0, 0.05) is 38.0 Å². The van der Waals surface area contributed by atoms with Gasteiger partial charge in [-0.15, -0.1) is 11.3 Å². The molecule has 7 nitrogen and oxygen atoms in total. The number of sulfonamides is 1. The third-order valence-electron chi connectivity index (χ3n) is 5.16. The largest absolute Gasteiger partial charge is 0.326 e. The molecule has 1 amide bonds. The van der Waals surface area contributed by atoms with Gasteiger partial charge in [0.15, 0.2) is 0 Å². The van der Waals surface area contributed by atoms with Crippen molar-refractivity contribution in [1.29, 1.82) is 0 Å². The van der Waals surface area contributed by atoms with Crippen LogP contribution in [-0.4, -0.2) is 35.5 Å². The number of hydrogen-bond donors (Lipinski definition) is 1. The smallest absolute Gasteiger partial charge is 0.243 e. The Kier molecular flexibility index (Phi) is 6.46. The van der Waals surface area contributed by atoms with Crippen molar-refractivity contribution in [2.45, 2.75) is 25.3 Å². The van der Waals surface area contributed by atoms with Crippen molar-refractivity contribution in [3.63, 3.8) is 0 Å². The van der Waals surface area contributed by atoms with E-state index in [1.807, 2.05) is 54.0 Å². The zero-order chi connectivity index (χ0) is 23.6. The van der Waals surface area contributed by atoms with Crippen LogP contribution in [0, 0.1) is 6.92 Å². The maximum atomic E-state index is 13.5. The summed E-state index contributed by atoms with van der Waals surface area (Å²) in [6.07, 6.45) is 1.87. The lowest BCUT2D eigenvalue weighted by atomic mass is 10.2. The molecule has 0 saturated carbocycles. The Morgan fingerprint density at radius 2 is 1.88 bits per heavy atom. The molecule has 0 unspecified atom stereocenters. The van der Waals surface area contributed by atoms with Crippen molar-refractivity contribution >= 4 is 33.0 Å². The lowest BCUT2D eigenvalue weighted by Crippen LogP contribution is -2.27. The van der Waals surface area contributed by atoms with Crippen molar-refractivity contribution in [3.8, 4) is 16.3 Å². The number of nitrogens with zero attached hydrogens (tertiary/aromatic N) is 3. The molecular formula is C24H24N4O3S2. The van der Waals surface area contributed by atoms with Crippen LogP contribution in [0.25, 0.3) is 16.3 Å². The Bertz CT molecular complexity index is 1380. The molecule has 0 saturated heterocycles. The number of hydrogen-bond acceptors (Lipinski definition) is 5. The van der Waals surface area contributed by atoms with E-state index in [-0.39, 0.29) is 17.3 Å². The second-order valence-corrected chi connectivity index (χ2v) is 10.6. The SMILES string of the molecule is CC(=O)Nc1ccc(C)c(S(=O)(=O)N(C)Cc2cn(-c3ccccc3)nc2-c2cccs2)c1. The van der Waals surface area contributed by atoms with Gasteiger partial charge in [0.2, 0.25) is 15.9 Å². The van der Waals surface area contributed by atoms with E-state index in [1.165, 1.54) is 17.3 Å². The Morgan fingerprint density at radius 1 is 1.12 bits per heavy atom. The number of benzene rings is 2. The summed E-state index contributed by atoms with van der Waals surface area (Å²) >= 11 is 1.56. The van der Waals surface area contributed by atoms with Gasteiger partial charge in [-0.1, -0.05) is 30.3 Å².